The first-order valence-electron chi connectivity index (χ1n) is 11.8. The number of likely N-dealkylation sites (N-methyl/N-ethyl adjacent to an activating group) is 1. The van der Waals surface area contributed by atoms with Crippen molar-refractivity contribution in [3.05, 3.63) is 65.2 Å². The van der Waals surface area contributed by atoms with Gasteiger partial charge in [0, 0.05) is 36.7 Å². The Kier molecular flexibility index (Phi) is 6.12. The van der Waals surface area contributed by atoms with Crippen LogP contribution in [0, 0.1) is 28.9 Å². The number of benzene rings is 2. The summed E-state index contributed by atoms with van der Waals surface area (Å²) in [6.45, 7) is 0. The molecule has 1 fully saturated rings. The van der Waals surface area contributed by atoms with Crippen LogP contribution in [-0.4, -0.2) is 37.0 Å². The van der Waals surface area contributed by atoms with Crippen molar-refractivity contribution >= 4 is 17.5 Å². The first kappa shape index (κ1) is 23.2. The highest BCUT2D eigenvalue weighted by Crippen LogP contribution is 2.34. The van der Waals surface area contributed by atoms with Gasteiger partial charge in [-0.1, -0.05) is 24.3 Å². The van der Waals surface area contributed by atoms with E-state index in [9.17, 15) is 14.9 Å². The van der Waals surface area contributed by atoms with Crippen molar-refractivity contribution in [2.45, 2.75) is 50.2 Å². The molecule has 0 radical (unpaired) electrons. The zero-order valence-corrected chi connectivity index (χ0v) is 19.4. The Bertz CT molecular complexity index is 1270. The number of hydrogen-bond donors (Lipinski definition) is 2. The summed E-state index contributed by atoms with van der Waals surface area (Å²) in [5, 5.41) is 15.6. The van der Waals surface area contributed by atoms with Crippen LogP contribution in [0.15, 0.2) is 42.5 Å². The zero-order chi connectivity index (χ0) is 24.7. The second-order valence-corrected chi connectivity index (χ2v) is 9.54. The van der Waals surface area contributed by atoms with Gasteiger partial charge in [0.25, 0.3) is 0 Å². The number of anilines is 1. The Balaban J connectivity index is 1.32. The summed E-state index contributed by atoms with van der Waals surface area (Å²) >= 11 is 0. The number of piperidine rings is 1. The molecule has 180 valence electrons. The first-order chi connectivity index (χ1) is 16.8. The van der Waals surface area contributed by atoms with Crippen molar-refractivity contribution in [2.24, 2.45) is 5.92 Å². The number of hydrogen-bond acceptors (Lipinski definition) is 4. The van der Waals surface area contributed by atoms with Gasteiger partial charge in [-0.25, -0.2) is 8.78 Å². The summed E-state index contributed by atoms with van der Waals surface area (Å²) in [5.41, 5.74) is 2.07. The molecule has 0 saturated carbocycles. The Hall–Kier alpha value is -3.57. The second-order valence-electron chi connectivity index (χ2n) is 9.54. The average Bonchev–Trinajstić information content (AvgIpc) is 3.04. The first-order valence-corrected chi connectivity index (χ1v) is 11.8. The van der Waals surface area contributed by atoms with E-state index in [1.165, 1.54) is 4.90 Å². The normalized spacial score (nSPS) is 23.5. The van der Waals surface area contributed by atoms with Gasteiger partial charge in [0.05, 0.1) is 18.5 Å². The van der Waals surface area contributed by atoms with Crippen LogP contribution in [0.4, 0.5) is 14.5 Å². The average molecular weight is 477 g/mol. The minimum atomic E-state index is -0.991. The molecule has 6 nitrogen and oxygen atoms in total. The maximum Gasteiger partial charge on any atom is 0.238 e. The molecule has 1 aliphatic carbocycles. The number of nitrogens with one attached hydrogen (secondary N) is 2. The Morgan fingerprint density at radius 1 is 1.26 bits per heavy atom. The van der Waals surface area contributed by atoms with Crippen LogP contribution in [0.3, 0.4) is 0 Å². The molecule has 2 aromatic rings. The number of nitrogens with zero attached hydrogens (tertiary/aromatic N) is 2. The lowest BCUT2D eigenvalue weighted by molar-refractivity contribution is -0.125. The van der Waals surface area contributed by atoms with Crippen molar-refractivity contribution in [3.63, 3.8) is 0 Å². The fraction of sp³-hybridized carbons (Fsp3) is 0.370. The fourth-order valence-electron chi connectivity index (χ4n) is 5.29. The Morgan fingerprint density at radius 3 is 2.89 bits per heavy atom. The molecule has 0 spiro atoms. The van der Waals surface area contributed by atoms with E-state index in [1.54, 1.807) is 25.2 Å². The number of carbonyl (C=O) groups is 2. The largest absolute Gasteiger partial charge is 0.339 e. The van der Waals surface area contributed by atoms with Gasteiger partial charge in [0.1, 0.15) is 17.7 Å². The molecule has 3 heterocycles. The highest BCUT2D eigenvalue weighted by atomic mass is 19.1. The van der Waals surface area contributed by atoms with Crippen LogP contribution in [0.2, 0.25) is 0 Å². The molecule has 35 heavy (non-hydrogen) atoms. The van der Waals surface area contributed by atoms with Crippen molar-refractivity contribution in [3.8, 4) is 17.2 Å². The van der Waals surface area contributed by atoms with E-state index < -0.39 is 23.7 Å². The van der Waals surface area contributed by atoms with E-state index >= 15 is 8.78 Å². The summed E-state index contributed by atoms with van der Waals surface area (Å²) < 4.78 is 30.1. The van der Waals surface area contributed by atoms with Crippen LogP contribution in [0.5, 0.6) is 0 Å². The number of nitriles is 1. The van der Waals surface area contributed by atoms with E-state index in [0.29, 0.717) is 11.3 Å². The third-order valence-corrected chi connectivity index (χ3v) is 7.28. The lowest BCUT2D eigenvalue weighted by Gasteiger charge is -2.33. The SMILES string of the molecule is CN1C(=O)Cc2ccc(-c3cc(F)c(CC(C#N)NC(=O)C4NC5CC=CC4CC5)cc3F)cc21. The van der Waals surface area contributed by atoms with Gasteiger partial charge in [-0.15, -0.1) is 0 Å². The molecule has 8 heteroatoms. The third kappa shape index (κ3) is 4.44. The summed E-state index contributed by atoms with van der Waals surface area (Å²) in [7, 11) is 1.65. The molecule has 4 atom stereocenters. The van der Waals surface area contributed by atoms with Gasteiger partial charge in [-0.05, 0) is 54.2 Å². The zero-order valence-electron chi connectivity index (χ0n) is 19.4. The minimum Gasteiger partial charge on any atom is -0.339 e. The van der Waals surface area contributed by atoms with Crippen LogP contribution in [0.1, 0.15) is 30.4 Å². The predicted molar refractivity (Wildman–Crippen MR) is 127 cm³/mol. The molecular weight excluding hydrogens is 450 g/mol. The number of fused-ring (bicyclic) bond motifs is 4. The van der Waals surface area contributed by atoms with Crippen LogP contribution >= 0.6 is 0 Å². The van der Waals surface area contributed by atoms with Crippen LogP contribution in [-0.2, 0) is 22.4 Å². The molecule has 4 aliphatic rings. The van der Waals surface area contributed by atoms with Crippen LogP contribution < -0.4 is 15.5 Å². The Morgan fingerprint density at radius 2 is 2.09 bits per heavy atom. The van der Waals surface area contributed by atoms with Crippen LogP contribution in [0.25, 0.3) is 11.1 Å². The molecule has 1 saturated heterocycles. The molecule has 4 unspecified atom stereocenters. The predicted octanol–water partition coefficient (Wildman–Crippen LogP) is 3.40. The van der Waals surface area contributed by atoms with E-state index in [4.69, 9.17) is 0 Å². The standard InChI is InChI=1S/C27H26F2N4O2/c1-33-24-11-16(5-6-17(24)12-25(33)34)21-13-22(28)18(10-23(21)29)9-20(14-30)32-27(35)26-15-3-2-4-19(31-26)8-7-15/h2-3,5-6,10-11,13,15,19-20,26,31H,4,7-9,12H2,1H3,(H,32,35). The van der Waals surface area contributed by atoms with Gasteiger partial charge in [0.2, 0.25) is 11.8 Å². The summed E-state index contributed by atoms with van der Waals surface area (Å²) in [4.78, 5) is 26.3. The number of halogens is 2. The topological polar surface area (TPSA) is 85.2 Å². The van der Waals surface area contributed by atoms with Gasteiger partial charge in [-0.3, -0.25) is 9.59 Å². The minimum absolute atomic E-state index is 0.0156. The molecular formula is C27H26F2N4O2. The van der Waals surface area contributed by atoms with Crippen molar-refractivity contribution < 1.29 is 18.4 Å². The Labute approximate surface area is 202 Å². The highest BCUT2D eigenvalue weighted by Gasteiger charge is 2.35. The van der Waals surface area contributed by atoms with Crippen molar-refractivity contribution in [1.29, 1.82) is 5.26 Å². The van der Waals surface area contributed by atoms with Gasteiger partial charge in [-0.2, -0.15) is 5.26 Å². The lowest BCUT2D eigenvalue weighted by Crippen LogP contribution is -2.55. The fourth-order valence-corrected chi connectivity index (χ4v) is 5.29. The van der Waals surface area contributed by atoms with Gasteiger partial charge < -0.3 is 15.5 Å². The number of rotatable bonds is 5. The van der Waals surface area contributed by atoms with Gasteiger partial charge >= 0.3 is 0 Å². The summed E-state index contributed by atoms with van der Waals surface area (Å²) in [6, 6.07) is 8.10. The molecule has 3 aliphatic heterocycles. The van der Waals surface area contributed by atoms with Gasteiger partial charge in [0.15, 0.2) is 0 Å². The molecule has 2 amide bonds. The quantitative estimate of drug-likeness (QED) is 0.648. The van der Waals surface area contributed by atoms with E-state index in [1.807, 2.05) is 12.1 Å². The summed E-state index contributed by atoms with van der Waals surface area (Å²) in [6.07, 6.45) is 7.04. The molecule has 6 rings (SSSR count). The van der Waals surface area contributed by atoms with E-state index in [-0.39, 0.29) is 47.7 Å². The monoisotopic (exact) mass is 476 g/mol. The van der Waals surface area contributed by atoms with E-state index in [0.717, 1.165) is 37.0 Å². The second kappa shape index (κ2) is 9.23. The number of carbonyl (C=O) groups excluding carboxylic acids is 2. The lowest BCUT2D eigenvalue weighted by atomic mass is 9.88. The smallest absolute Gasteiger partial charge is 0.238 e. The maximum atomic E-state index is 15.1. The maximum absolute atomic E-state index is 15.1. The third-order valence-electron chi connectivity index (χ3n) is 7.28. The number of amides is 2. The molecule has 0 aromatic heterocycles. The molecule has 2 aromatic carbocycles. The molecule has 2 bridgehead atoms. The van der Waals surface area contributed by atoms with E-state index in [2.05, 4.69) is 16.7 Å². The van der Waals surface area contributed by atoms with Crippen molar-refractivity contribution in [2.75, 3.05) is 11.9 Å². The van der Waals surface area contributed by atoms with Crippen molar-refractivity contribution in [1.82, 2.24) is 10.6 Å². The molecule has 2 N–H and O–H groups in total. The summed E-state index contributed by atoms with van der Waals surface area (Å²) in [5.74, 6) is -1.58. The highest BCUT2D eigenvalue weighted by molar-refractivity contribution is 6.01.